The molecule has 1 heterocycles. The number of ether oxygens (including phenoxy) is 1. The van der Waals surface area contributed by atoms with Gasteiger partial charge in [-0.05, 0) is 31.5 Å². The summed E-state index contributed by atoms with van der Waals surface area (Å²) in [6, 6.07) is 6.87. The van der Waals surface area contributed by atoms with E-state index in [-0.39, 0.29) is 16.6 Å². The molecule has 0 saturated heterocycles. The van der Waals surface area contributed by atoms with Crippen molar-refractivity contribution in [3.8, 4) is 6.01 Å². The molecule has 0 spiro atoms. The Morgan fingerprint density at radius 3 is 2.55 bits per heavy atom. The molecule has 0 radical (unpaired) electrons. The molecular weight excluding hydrogens is 278 g/mol. The van der Waals surface area contributed by atoms with Gasteiger partial charge in [-0.25, -0.2) is 18.4 Å². The second-order valence-electron chi connectivity index (χ2n) is 4.11. The van der Waals surface area contributed by atoms with E-state index in [9.17, 15) is 8.42 Å². The minimum atomic E-state index is -3.63. The Bertz CT molecular complexity index is 684. The lowest BCUT2D eigenvalue weighted by Crippen LogP contribution is -2.13. The molecule has 1 aromatic carbocycles. The summed E-state index contributed by atoms with van der Waals surface area (Å²) in [5.41, 5.74) is 1.16. The van der Waals surface area contributed by atoms with E-state index < -0.39 is 10.0 Å². The Morgan fingerprint density at radius 2 is 1.95 bits per heavy atom. The third-order valence-electron chi connectivity index (χ3n) is 2.45. The lowest BCUT2D eigenvalue weighted by Gasteiger charge is -2.08. The zero-order valence-corrected chi connectivity index (χ0v) is 12.0. The number of aromatic nitrogens is 2. The molecule has 6 nitrogen and oxygen atoms in total. The van der Waals surface area contributed by atoms with Crippen molar-refractivity contribution in [3.05, 3.63) is 42.2 Å². The van der Waals surface area contributed by atoms with Crippen LogP contribution < -0.4 is 9.46 Å². The van der Waals surface area contributed by atoms with Crippen molar-refractivity contribution in [3.63, 3.8) is 0 Å². The minimum absolute atomic E-state index is 0.200. The Labute approximate surface area is 117 Å². The highest BCUT2D eigenvalue weighted by Crippen LogP contribution is 2.16. The van der Waals surface area contributed by atoms with E-state index in [0.717, 1.165) is 5.56 Å². The molecule has 0 fully saturated rings. The first-order valence-electron chi connectivity index (χ1n) is 6.05. The summed E-state index contributed by atoms with van der Waals surface area (Å²) >= 11 is 0. The van der Waals surface area contributed by atoms with E-state index in [2.05, 4.69) is 14.7 Å². The second kappa shape index (κ2) is 5.87. The van der Waals surface area contributed by atoms with Crippen molar-refractivity contribution in [2.24, 2.45) is 0 Å². The van der Waals surface area contributed by atoms with E-state index in [1.807, 2.05) is 19.9 Å². The van der Waals surface area contributed by atoms with E-state index in [1.54, 1.807) is 12.1 Å². The molecule has 106 valence electrons. The zero-order chi connectivity index (χ0) is 14.6. The third kappa shape index (κ3) is 3.45. The molecule has 0 aliphatic carbocycles. The highest BCUT2D eigenvalue weighted by Gasteiger charge is 2.14. The molecule has 0 bridgehead atoms. The molecule has 7 heteroatoms. The van der Waals surface area contributed by atoms with Gasteiger partial charge in [-0.15, -0.1) is 0 Å². The number of hydrogen-bond acceptors (Lipinski definition) is 5. The first-order chi connectivity index (χ1) is 9.51. The fraction of sp³-hybridized carbons (Fsp3) is 0.231. The first-order valence-corrected chi connectivity index (χ1v) is 7.54. The van der Waals surface area contributed by atoms with E-state index in [4.69, 9.17) is 4.74 Å². The lowest BCUT2D eigenvalue weighted by molar-refractivity contribution is 0.312. The van der Waals surface area contributed by atoms with Crippen LogP contribution >= 0.6 is 0 Å². The van der Waals surface area contributed by atoms with Crippen molar-refractivity contribution in [1.82, 2.24) is 9.97 Å². The largest absolute Gasteiger partial charge is 0.464 e. The number of sulfonamides is 1. The molecular formula is C13H15N3O3S. The van der Waals surface area contributed by atoms with Crippen LogP contribution in [-0.4, -0.2) is 25.0 Å². The first kappa shape index (κ1) is 14.3. The second-order valence-corrected chi connectivity index (χ2v) is 5.79. The van der Waals surface area contributed by atoms with Crippen LogP contribution in [0.1, 0.15) is 12.5 Å². The quantitative estimate of drug-likeness (QED) is 0.911. The Kier molecular flexibility index (Phi) is 4.19. The number of nitrogens with one attached hydrogen (secondary N) is 1. The summed E-state index contributed by atoms with van der Waals surface area (Å²) in [5.74, 6) is 0. The van der Waals surface area contributed by atoms with Crippen LogP contribution in [-0.2, 0) is 10.0 Å². The van der Waals surface area contributed by atoms with Gasteiger partial charge >= 0.3 is 6.01 Å². The predicted octanol–water partition coefficient (Wildman–Crippen LogP) is 1.98. The molecule has 0 aliphatic rings. The smallest absolute Gasteiger partial charge is 0.316 e. The van der Waals surface area contributed by atoms with Crippen LogP contribution in [0.3, 0.4) is 0 Å². The molecule has 1 N–H and O–H groups in total. The Hall–Kier alpha value is -2.15. The van der Waals surface area contributed by atoms with Crippen molar-refractivity contribution < 1.29 is 13.2 Å². The van der Waals surface area contributed by atoms with Gasteiger partial charge in [0.2, 0.25) is 0 Å². The van der Waals surface area contributed by atoms with Gasteiger partial charge in [0.25, 0.3) is 10.0 Å². The molecule has 20 heavy (non-hydrogen) atoms. The van der Waals surface area contributed by atoms with Gasteiger partial charge < -0.3 is 4.74 Å². The monoisotopic (exact) mass is 293 g/mol. The van der Waals surface area contributed by atoms with Crippen molar-refractivity contribution >= 4 is 15.7 Å². The number of benzene rings is 1. The third-order valence-corrected chi connectivity index (χ3v) is 3.83. The fourth-order valence-corrected chi connectivity index (χ4v) is 2.70. The van der Waals surface area contributed by atoms with Crippen LogP contribution in [0.4, 0.5) is 5.69 Å². The van der Waals surface area contributed by atoms with Gasteiger partial charge in [-0.1, -0.05) is 12.1 Å². The van der Waals surface area contributed by atoms with Crippen LogP contribution in [0.25, 0.3) is 0 Å². The van der Waals surface area contributed by atoms with Crippen LogP contribution in [0.15, 0.2) is 41.6 Å². The van der Waals surface area contributed by atoms with Gasteiger partial charge in [-0.2, -0.15) is 0 Å². The predicted molar refractivity (Wildman–Crippen MR) is 75.2 cm³/mol. The lowest BCUT2D eigenvalue weighted by atomic mass is 10.2. The van der Waals surface area contributed by atoms with Gasteiger partial charge in [0.15, 0.2) is 0 Å². The Morgan fingerprint density at radius 1 is 1.25 bits per heavy atom. The SMILES string of the molecule is CCOc1ncc(NS(=O)(=O)c2cccc(C)c2)cn1. The summed E-state index contributed by atoms with van der Waals surface area (Å²) in [6.45, 7) is 4.10. The van der Waals surface area contributed by atoms with E-state index in [0.29, 0.717) is 6.61 Å². The number of aryl methyl sites for hydroxylation is 1. The molecule has 0 atom stereocenters. The highest BCUT2D eigenvalue weighted by atomic mass is 32.2. The molecule has 2 rings (SSSR count). The van der Waals surface area contributed by atoms with Gasteiger partial charge in [0, 0.05) is 0 Å². The summed E-state index contributed by atoms with van der Waals surface area (Å²) < 4.78 is 31.8. The van der Waals surface area contributed by atoms with E-state index in [1.165, 1.54) is 18.5 Å². The molecule has 0 amide bonds. The zero-order valence-electron chi connectivity index (χ0n) is 11.2. The molecule has 0 saturated carbocycles. The average Bonchev–Trinajstić information content (AvgIpc) is 2.41. The van der Waals surface area contributed by atoms with Gasteiger partial charge in [0.1, 0.15) is 0 Å². The van der Waals surface area contributed by atoms with Crippen LogP contribution in [0.2, 0.25) is 0 Å². The maximum Gasteiger partial charge on any atom is 0.316 e. The maximum atomic E-state index is 12.2. The summed E-state index contributed by atoms with van der Waals surface area (Å²) in [7, 11) is -3.63. The van der Waals surface area contributed by atoms with Gasteiger partial charge in [0.05, 0.1) is 29.6 Å². The standard InChI is InChI=1S/C13H15N3O3S/c1-3-19-13-14-8-11(9-15-13)16-20(17,18)12-6-4-5-10(2)7-12/h4-9,16H,3H2,1-2H3. The van der Waals surface area contributed by atoms with Gasteiger partial charge in [-0.3, -0.25) is 4.72 Å². The fourth-order valence-electron chi connectivity index (χ4n) is 1.57. The Balaban J connectivity index is 2.20. The molecule has 0 aliphatic heterocycles. The molecule has 2 aromatic rings. The van der Waals surface area contributed by atoms with Crippen molar-refractivity contribution in [1.29, 1.82) is 0 Å². The molecule has 0 unspecified atom stereocenters. The number of hydrogen-bond donors (Lipinski definition) is 1. The van der Waals surface area contributed by atoms with Crippen LogP contribution in [0.5, 0.6) is 6.01 Å². The van der Waals surface area contributed by atoms with Crippen molar-refractivity contribution in [2.75, 3.05) is 11.3 Å². The summed E-state index contributed by atoms with van der Waals surface area (Å²) in [5, 5.41) is 0. The normalized spacial score (nSPS) is 11.1. The topological polar surface area (TPSA) is 81.2 Å². The summed E-state index contributed by atoms with van der Waals surface area (Å²) in [4.78, 5) is 8.01. The minimum Gasteiger partial charge on any atom is -0.464 e. The number of rotatable bonds is 5. The number of anilines is 1. The average molecular weight is 293 g/mol. The summed E-state index contributed by atoms with van der Waals surface area (Å²) in [6.07, 6.45) is 2.73. The maximum absolute atomic E-state index is 12.2. The van der Waals surface area contributed by atoms with Crippen molar-refractivity contribution in [2.45, 2.75) is 18.7 Å². The highest BCUT2D eigenvalue weighted by molar-refractivity contribution is 7.92. The van der Waals surface area contributed by atoms with E-state index >= 15 is 0 Å². The van der Waals surface area contributed by atoms with Crippen LogP contribution in [0, 0.1) is 6.92 Å². The number of nitrogens with zero attached hydrogens (tertiary/aromatic N) is 2. The molecule has 1 aromatic heterocycles.